The van der Waals surface area contributed by atoms with Crippen LogP contribution in [0.4, 0.5) is 0 Å². The molecule has 1 N–H and O–H groups in total. The lowest BCUT2D eigenvalue weighted by Crippen LogP contribution is -2.33. The monoisotopic (exact) mass is 371 g/mol. The molecule has 0 saturated carbocycles. The Labute approximate surface area is 159 Å². The van der Waals surface area contributed by atoms with E-state index in [1.807, 2.05) is 30.8 Å². The average Bonchev–Trinajstić information content (AvgIpc) is 2.68. The number of hydrogen-bond acceptors (Lipinski definition) is 5. The molecule has 0 aliphatic carbocycles. The van der Waals surface area contributed by atoms with Crippen molar-refractivity contribution >= 4 is 17.7 Å². The Hall–Kier alpha value is -2.05. The predicted octanol–water partition coefficient (Wildman–Crippen LogP) is 2.83. The normalized spacial score (nSPS) is 16.0. The number of amides is 1. The molecule has 1 aromatic carbocycles. The number of aromatic nitrogens is 1. The van der Waals surface area contributed by atoms with Crippen molar-refractivity contribution in [2.45, 2.75) is 19.6 Å². The van der Waals surface area contributed by atoms with Gasteiger partial charge in [0.1, 0.15) is 11.9 Å². The summed E-state index contributed by atoms with van der Waals surface area (Å²) in [5, 5.41) is 2.88. The van der Waals surface area contributed by atoms with E-state index in [9.17, 15) is 4.79 Å². The van der Waals surface area contributed by atoms with E-state index in [0.717, 1.165) is 25.4 Å². The fourth-order valence-electron chi connectivity index (χ4n) is 2.84. The molecule has 0 bridgehead atoms. The van der Waals surface area contributed by atoms with Gasteiger partial charge in [0.05, 0.1) is 12.1 Å². The minimum Gasteiger partial charge on any atom is -0.489 e. The van der Waals surface area contributed by atoms with E-state index in [1.165, 1.54) is 17.1 Å². The highest BCUT2D eigenvalue weighted by molar-refractivity contribution is 7.99. The van der Waals surface area contributed by atoms with Crippen LogP contribution < -0.4 is 10.1 Å². The van der Waals surface area contributed by atoms with Crippen LogP contribution in [0.15, 0.2) is 48.8 Å². The van der Waals surface area contributed by atoms with E-state index < -0.39 is 0 Å². The molecule has 26 heavy (non-hydrogen) atoms. The average molecular weight is 372 g/mol. The van der Waals surface area contributed by atoms with Crippen LogP contribution in [0, 0.1) is 0 Å². The number of nitrogens with one attached hydrogen (secondary N) is 1. The quantitative estimate of drug-likeness (QED) is 0.811. The van der Waals surface area contributed by atoms with Crippen molar-refractivity contribution in [2.24, 2.45) is 0 Å². The van der Waals surface area contributed by atoms with Crippen LogP contribution in [0.2, 0.25) is 0 Å². The van der Waals surface area contributed by atoms with Crippen molar-refractivity contribution in [1.82, 2.24) is 15.2 Å². The second kappa shape index (κ2) is 9.59. The van der Waals surface area contributed by atoms with Crippen LogP contribution in [0.1, 0.15) is 22.8 Å². The summed E-state index contributed by atoms with van der Waals surface area (Å²) in [6, 6.07) is 11.7. The third-order valence-electron chi connectivity index (χ3n) is 4.22. The summed E-state index contributed by atoms with van der Waals surface area (Å²) >= 11 is 2.02. The van der Waals surface area contributed by atoms with Crippen LogP contribution in [-0.2, 0) is 6.54 Å². The molecule has 3 rings (SSSR count). The van der Waals surface area contributed by atoms with Crippen molar-refractivity contribution in [3.63, 3.8) is 0 Å². The van der Waals surface area contributed by atoms with E-state index in [1.54, 1.807) is 24.5 Å². The Kier molecular flexibility index (Phi) is 6.91. The molecular weight excluding hydrogens is 346 g/mol. The lowest BCUT2D eigenvalue weighted by molar-refractivity contribution is 0.0932. The number of carbonyl (C=O) groups is 1. The molecule has 2 aromatic rings. The SMILES string of the molecule is C[C@H](CNC(=O)c1cccnc1)Oc1cccc(CN2CCSCC2)c1. The summed E-state index contributed by atoms with van der Waals surface area (Å²) in [4.78, 5) is 18.5. The minimum atomic E-state index is -0.134. The molecule has 1 aliphatic heterocycles. The summed E-state index contributed by atoms with van der Waals surface area (Å²) in [5.74, 6) is 3.13. The Balaban J connectivity index is 1.48. The fourth-order valence-corrected chi connectivity index (χ4v) is 3.82. The molecule has 0 unspecified atom stereocenters. The van der Waals surface area contributed by atoms with Crippen molar-refractivity contribution in [1.29, 1.82) is 0 Å². The number of carbonyl (C=O) groups excluding carboxylic acids is 1. The standard InChI is InChI=1S/C20H25N3O2S/c1-16(13-22-20(24)18-5-3-7-21-14-18)25-19-6-2-4-17(12-19)15-23-8-10-26-11-9-23/h2-7,12,14,16H,8-11,13,15H2,1H3,(H,22,24)/t16-/m1/s1. The molecular formula is C20H25N3O2S. The number of hydrogen-bond donors (Lipinski definition) is 1. The zero-order valence-corrected chi connectivity index (χ0v) is 15.9. The largest absolute Gasteiger partial charge is 0.489 e. The lowest BCUT2D eigenvalue weighted by Gasteiger charge is -2.26. The Bertz CT molecular complexity index is 705. The molecule has 1 amide bonds. The van der Waals surface area contributed by atoms with Crippen LogP contribution in [0.25, 0.3) is 0 Å². The van der Waals surface area contributed by atoms with Gasteiger partial charge in [0, 0.05) is 43.5 Å². The first-order valence-electron chi connectivity index (χ1n) is 8.94. The van der Waals surface area contributed by atoms with E-state index in [2.05, 4.69) is 27.3 Å². The van der Waals surface area contributed by atoms with Gasteiger partial charge in [-0.2, -0.15) is 11.8 Å². The number of nitrogens with zero attached hydrogens (tertiary/aromatic N) is 2. The maximum absolute atomic E-state index is 12.1. The Morgan fingerprint density at radius 3 is 2.92 bits per heavy atom. The highest BCUT2D eigenvalue weighted by atomic mass is 32.2. The molecule has 1 aromatic heterocycles. The maximum Gasteiger partial charge on any atom is 0.252 e. The van der Waals surface area contributed by atoms with Gasteiger partial charge in [-0.25, -0.2) is 0 Å². The van der Waals surface area contributed by atoms with Crippen LogP contribution >= 0.6 is 11.8 Å². The number of thioether (sulfide) groups is 1. The summed E-state index contributed by atoms with van der Waals surface area (Å²) in [5.41, 5.74) is 1.82. The molecule has 1 aliphatic rings. The molecule has 5 nitrogen and oxygen atoms in total. The summed E-state index contributed by atoms with van der Waals surface area (Å²) in [6.07, 6.45) is 3.10. The van der Waals surface area contributed by atoms with Gasteiger partial charge in [0.2, 0.25) is 0 Å². The number of pyridine rings is 1. The number of ether oxygens (including phenoxy) is 1. The summed E-state index contributed by atoms with van der Waals surface area (Å²) < 4.78 is 5.98. The molecule has 138 valence electrons. The molecule has 1 fully saturated rings. The van der Waals surface area contributed by atoms with Gasteiger partial charge >= 0.3 is 0 Å². The second-order valence-electron chi connectivity index (χ2n) is 6.42. The van der Waals surface area contributed by atoms with Crippen LogP contribution in [0.3, 0.4) is 0 Å². The molecule has 1 saturated heterocycles. The van der Waals surface area contributed by atoms with Crippen molar-refractivity contribution in [2.75, 3.05) is 31.1 Å². The highest BCUT2D eigenvalue weighted by Crippen LogP contribution is 2.18. The summed E-state index contributed by atoms with van der Waals surface area (Å²) in [7, 11) is 0. The van der Waals surface area contributed by atoms with Crippen molar-refractivity contribution < 1.29 is 9.53 Å². The van der Waals surface area contributed by atoms with Gasteiger partial charge in [-0.1, -0.05) is 12.1 Å². The van der Waals surface area contributed by atoms with Crippen molar-refractivity contribution in [3.05, 3.63) is 59.9 Å². The number of benzene rings is 1. The van der Waals surface area contributed by atoms with Crippen LogP contribution in [-0.4, -0.2) is 53.0 Å². The first kappa shape index (κ1) is 18.7. The maximum atomic E-state index is 12.1. The zero-order valence-electron chi connectivity index (χ0n) is 15.1. The molecule has 2 heterocycles. The Morgan fingerprint density at radius 1 is 1.31 bits per heavy atom. The smallest absolute Gasteiger partial charge is 0.252 e. The van der Waals surface area contributed by atoms with Gasteiger partial charge in [0.25, 0.3) is 5.91 Å². The van der Waals surface area contributed by atoms with Gasteiger partial charge in [-0.15, -0.1) is 0 Å². The molecule has 0 spiro atoms. The third-order valence-corrected chi connectivity index (χ3v) is 5.16. The second-order valence-corrected chi connectivity index (χ2v) is 7.64. The van der Waals surface area contributed by atoms with E-state index in [0.29, 0.717) is 12.1 Å². The molecule has 0 radical (unpaired) electrons. The zero-order chi connectivity index (χ0) is 18.2. The van der Waals surface area contributed by atoms with Gasteiger partial charge < -0.3 is 10.1 Å². The van der Waals surface area contributed by atoms with Gasteiger partial charge in [-0.05, 0) is 36.8 Å². The number of rotatable bonds is 7. The predicted molar refractivity (Wildman–Crippen MR) is 106 cm³/mol. The molecule has 6 heteroatoms. The minimum absolute atomic E-state index is 0.114. The van der Waals surface area contributed by atoms with Crippen LogP contribution in [0.5, 0.6) is 5.75 Å². The topological polar surface area (TPSA) is 54.5 Å². The van der Waals surface area contributed by atoms with E-state index in [4.69, 9.17) is 4.74 Å². The summed E-state index contributed by atoms with van der Waals surface area (Å²) in [6.45, 7) is 5.66. The van der Waals surface area contributed by atoms with Gasteiger partial charge in [0.15, 0.2) is 0 Å². The van der Waals surface area contributed by atoms with E-state index >= 15 is 0 Å². The lowest BCUT2D eigenvalue weighted by atomic mass is 10.2. The van der Waals surface area contributed by atoms with Gasteiger partial charge in [-0.3, -0.25) is 14.7 Å². The van der Waals surface area contributed by atoms with Crippen molar-refractivity contribution in [3.8, 4) is 5.75 Å². The third kappa shape index (κ3) is 5.75. The first-order valence-corrected chi connectivity index (χ1v) is 10.1. The molecule has 1 atom stereocenters. The van der Waals surface area contributed by atoms with E-state index in [-0.39, 0.29) is 12.0 Å². The first-order chi connectivity index (χ1) is 12.7. The Morgan fingerprint density at radius 2 is 2.15 bits per heavy atom. The highest BCUT2D eigenvalue weighted by Gasteiger charge is 2.12. The fraction of sp³-hybridized carbons (Fsp3) is 0.400.